The molecule has 90 valence electrons. The van der Waals surface area contributed by atoms with E-state index in [1.165, 1.54) is 6.42 Å². The molecular formula is C12H26N2O. The first-order chi connectivity index (χ1) is 6.92. The fourth-order valence-electron chi connectivity index (χ4n) is 2.64. The van der Waals surface area contributed by atoms with E-state index in [1.807, 2.05) is 0 Å². The van der Waals surface area contributed by atoms with Gasteiger partial charge in [0.2, 0.25) is 0 Å². The normalized spacial score (nSPS) is 30.4. The Balaban J connectivity index is 2.76. The van der Waals surface area contributed by atoms with Gasteiger partial charge in [-0.15, -0.1) is 0 Å². The molecule has 2 atom stereocenters. The van der Waals surface area contributed by atoms with E-state index in [-0.39, 0.29) is 12.1 Å². The number of likely N-dealkylation sites (N-methyl/N-ethyl adjacent to an activating group) is 1. The third-order valence-electron chi connectivity index (χ3n) is 3.78. The van der Waals surface area contributed by atoms with Gasteiger partial charge >= 0.3 is 0 Å². The summed E-state index contributed by atoms with van der Waals surface area (Å²) in [5, 5.41) is 9.34. The van der Waals surface area contributed by atoms with Crippen LogP contribution in [0.5, 0.6) is 0 Å². The minimum absolute atomic E-state index is 0.218. The predicted octanol–water partition coefficient (Wildman–Crippen LogP) is 1.17. The number of piperazine rings is 1. The van der Waals surface area contributed by atoms with Gasteiger partial charge in [-0.05, 0) is 34.2 Å². The molecule has 0 aromatic carbocycles. The smallest absolute Gasteiger partial charge is 0.0599 e. The van der Waals surface area contributed by atoms with E-state index >= 15 is 0 Å². The Kier molecular flexibility index (Phi) is 4.15. The average Bonchev–Trinajstić information content (AvgIpc) is 2.15. The zero-order valence-electron chi connectivity index (χ0n) is 10.8. The van der Waals surface area contributed by atoms with Crippen LogP contribution in [0.3, 0.4) is 0 Å². The number of aliphatic hydroxyl groups is 1. The molecule has 1 rings (SSSR count). The molecular weight excluding hydrogens is 188 g/mol. The van der Waals surface area contributed by atoms with Gasteiger partial charge in [-0.25, -0.2) is 0 Å². The maximum atomic E-state index is 9.34. The fraction of sp³-hybridized carbons (Fsp3) is 1.00. The molecule has 1 heterocycles. The van der Waals surface area contributed by atoms with E-state index in [2.05, 4.69) is 44.5 Å². The van der Waals surface area contributed by atoms with E-state index in [9.17, 15) is 5.11 Å². The first-order valence-corrected chi connectivity index (χ1v) is 6.00. The van der Waals surface area contributed by atoms with Crippen LogP contribution in [0, 0.1) is 0 Å². The van der Waals surface area contributed by atoms with Crippen LogP contribution in [-0.2, 0) is 0 Å². The second-order valence-electron chi connectivity index (χ2n) is 5.47. The van der Waals surface area contributed by atoms with Crippen LogP contribution in [0.1, 0.15) is 34.1 Å². The molecule has 2 unspecified atom stereocenters. The molecule has 15 heavy (non-hydrogen) atoms. The lowest BCUT2D eigenvalue weighted by Crippen LogP contribution is -2.65. The van der Waals surface area contributed by atoms with Crippen molar-refractivity contribution in [3.05, 3.63) is 0 Å². The molecule has 0 saturated carbocycles. The van der Waals surface area contributed by atoms with Crippen LogP contribution < -0.4 is 0 Å². The lowest BCUT2D eigenvalue weighted by Gasteiger charge is -2.52. The van der Waals surface area contributed by atoms with Crippen LogP contribution >= 0.6 is 0 Å². The minimum atomic E-state index is 0.218. The van der Waals surface area contributed by atoms with Gasteiger partial charge in [0, 0.05) is 30.7 Å². The first-order valence-electron chi connectivity index (χ1n) is 6.00. The molecule has 0 aromatic rings. The van der Waals surface area contributed by atoms with Crippen molar-refractivity contribution >= 4 is 0 Å². The van der Waals surface area contributed by atoms with E-state index in [0.717, 1.165) is 13.1 Å². The van der Waals surface area contributed by atoms with E-state index in [1.54, 1.807) is 0 Å². The van der Waals surface area contributed by atoms with Gasteiger partial charge in [0.05, 0.1) is 6.61 Å². The number of hydrogen-bond donors (Lipinski definition) is 1. The monoisotopic (exact) mass is 214 g/mol. The molecule has 3 nitrogen and oxygen atoms in total. The summed E-state index contributed by atoms with van der Waals surface area (Å²) >= 11 is 0. The van der Waals surface area contributed by atoms with Crippen molar-refractivity contribution in [3.8, 4) is 0 Å². The summed E-state index contributed by atoms with van der Waals surface area (Å²) in [4.78, 5) is 4.81. The molecule has 1 fully saturated rings. The number of aliphatic hydroxyl groups excluding tert-OH is 1. The average molecular weight is 214 g/mol. The Hall–Kier alpha value is -0.120. The number of rotatable bonds is 3. The molecule has 0 amide bonds. The summed E-state index contributed by atoms with van der Waals surface area (Å²) in [5.41, 5.74) is 0.218. The summed E-state index contributed by atoms with van der Waals surface area (Å²) in [6.45, 7) is 11.4. The van der Waals surface area contributed by atoms with Crippen molar-refractivity contribution in [2.24, 2.45) is 0 Å². The quantitative estimate of drug-likeness (QED) is 0.764. The molecule has 1 aliphatic heterocycles. The lowest BCUT2D eigenvalue weighted by molar-refractivity contribution is -0.0431. The van der Waals surface area contributed by atoms with Crippen molar-refractivity contribution in [1.29, 1.82) is 0 Å². The highest BCUT2D eigenvalue weighted by Gasteiger charge is 2.38. The Labute approximate surface area is 94.1 Å². The Morgan fingerprint density at radius 1 is 1.47 bits per heavy atom. The molecule has 0 aromatic heterocycles. The molecule has 1 aliphatic rings. The Morgan fingerprint density at radius 2 is 2.07 bits per heavy atom. The molecule has 3 heteroatoms. The van der Waals surface area contributed by atoms with Gasteiger partial charge < -0.3 is 5.11 Å². The lowest BCUT2D eigenvalue weighted by atomic mass is 9.93. The van der Waals surface area contributed by atoms with E-state index in [4.69, 9.17) is 0 Å². The molecule has 0 aliphatic carbocycles. The molecule has 0 bridgehead atoms. The SMILES string of the molecule is CCC(C)N1CC(CO)N(C)CC1(C)C. The molecule has 0 spiro atoms. The molecule has 1 N–H and O–H groups in total. The summed E-state index contributed by atoms with van der Waals surface area (Å²) < 4.78 is 0. The van der Waals surface area contributed by atoms with Crippen molar-refractivity contribution in [2.75, 3.05) is 26.7 Å². The van der Waals surface area contributed by atoms with Gasteiger partial charge in [-0.2, -0.15) is 0 Å². The zero-order chi connectivity index (χ0) is 11.6. The molecule has 0 radical (unpaired) electrons. The van der Waals surface area contributed by atoms with Gasteiger partial charge in [-0.3, -0.25) is 9.80 Å². The van der Waals surface area contributed by atoms with Gasteiger partial charge in [0.25, 0.3) is 0 Å². The third-order valence-corrected chi connectivity index (χ3v) is 3.78. The van der Waals surface area contributed by atoms with Crippen molar-refractivity contribution in [1.82, 2.24) is 9.80 Å². The van der Waals surface area contributed by atoms with Crippen molar-refractivity contribution in [2.45, 2.75) is 51.7 Å². The second kappa shape index (κ2) is 4.81. The third kappa shape index (κ3) is 2.71. The highest BCUT2D eigenvalue weighted by Crippen LogP contribution is 2.26. The maximum Gasteiger partial charge on any atom is 0.0599 e. The first kappa shape index (κ1) is 12.9. The maximum absolute atomic E-state index is 9.34. The highest BCUT2D eigenvalue weighted by atomic mass is 16.3. The number of hydrogen-bond acceptors (Lipinski definition) is 3. The fourth-order valence-corrected chi connectivity index (χ4v) is 2.64. The second-order valence-corrected chi connectivity index (χ2v) is 5.47. The molecule has 1 saturated heterocycles. The standard InChI is InChI=1S/C12H26N2O/c1-6-10(2)14-7-11(8-15)13(5)9-12(14,3)4/h10-11,15H,6-9H2,1-5H3. The van der Waals surface area contributed by atoms with E-state index in [0.29, 0.717) is 12.1 Å². The summed E-state index contributed by atoms with van der Waals surface area (Å²) in [6.07, 6.45) is 1.17. The van der Waals surface area contributed by atoms with Crippen LogP contribution in [0.15, 0.2) is 0 Å². The zero-order valence-corrected chi connectivity index (χ0v) is 10.8. The Bertz CT molecular complexity index is 206. The largest absolute Gasteiger partial charge is 0.395 e. The summed E-state index contributed by atoms with van der Waals surface area (Å²) in [7, 11) is 2.11. The van der Waals surface area contributed by atoms with Crippen LogP contribution in [-0.4, -0.2) is 59.3 Å². The van der Waals surface area contributed by atoms with Crippen molar-refractivity contribution in [3.63, 3.8) is 0 Å². The number of nitrogens with zero attached hydrogens (tertiary/aromatic N) is 2. The van der Waals surface area contributed by atoms with Gasteiger partial charge in [0.1, 0.15) is 0 Å². The van der Waals surface area contributed by atoms with Crippen LogP contribution in [0.4, 0.5) is 0 Å². The van der Waals surface area contributed by atoms with E-state index < -0.39 is 0 Å². The highest BCUT2D eigenvalue weighted by molar-refractivity contribution is 4.95. The minimum Gasteiger partial charge on any atom is -0.395 e. The van der Waals surface area contributed by atoms with Crippen LogP contribution in [0.2, 0.25) is 0 Å². The predicted molar refractivity (Wildman–Crippen MR) is 64.0 cm³/mol. The summed E-state index contributed by atoms with van der Waals surface area (Å²) in [5.74, 6) is 0. The van der Waals surface area contributed by atoms with Gasteiger partial charge in [-0.1, -0.05) is 6.92 Å². The topological polar surface area (TPSA) is 26.7 Å². The summed E-state index contributed by atoms with van der Waals surface area (Å²) in [6, 6.07) is 0.898. The van der Waals surface area contributed by atoms with Crippen molar-refractivity contribution < 1.29 is 5.11 Å². The van der Waals surface area contributed by atoms with Crippen LogP contribution in [0.25, 0.3) is 0 Å². The Morgan fingerprint density at radius 3 is 2.53 bits per heavy atom. The van der Waals surface area contributed by atoms with Gasteiger partial charge in [0.15, 0.2) is 0 Å².